The number of halogens is 1. The fraction of sp³-hybridized carbons (Fsp3) is 0.500. The number of hydrogen-bond acceptors (Lipinski definition) is 3. The van der Waals surface area contributed by atoms with Crippen LogP contribution in [0, 0.1) is 5.82 Å². The molecule has 96 valence electrons. The monoisotopic (exact) mass is 259 g/mol. The summed E-state index contributed by atoms with van der Waals surface area (Å²) < 4.78 is 23.8. The summed E-state index contributed by atoms with van der Waals surface area (Å²) >= 11 is 0. The minimum absolute atomic E-state index is 0.0513. The lowest BCUT2D eigenvalue weighted by atomic mass is 10.1. The molecule has 17 heavy (non-hydrogen) atoms. The highest BCUT2D eigenvalue weighted by atomic mass is 32.2. The molecule has 2 N–H and O–H groups in total. The van der Waals surface area contributed by atoms with E-state index in [4.69, 9.17) is 0 Å². The van der Waals surface area contributed by atoms with Crippen molar-refractivity contribution >= 4 is 10.8 Å². The van der Waals surface area contributed by atoms with Crippen molar-refractivity contribution in [2.45, 2.75) is 18.3 Å². The van der Waals surface area contributed by atoms with Gasteiger partial charge in [-0.05, 0) is 24.6 Å². The highest BCUT2D eigenvalue weighted by molar-refractivity contribution is 7.84. The van der Waals surface area contributed by atoms with Gasteiger partial charge in [-0.25, -0.2) is 4.39 Å². The van der Waals surface area contributed by atoms with Crippen molar-refractivity contribution in [1.29, 1.82) is 0 Å². The fourth-order valence-electron chi connectivity index (χ4n) is 1.34. The van der Waals surface area contributed by atoms with Crippen LogP contribution in [0.2, 0.25) is 0 Å². The second-order valence-electron chi connectivity index (χ2n) is 4.03. The summed E-state index contributed by atoms with van der Waals surface area (Å²) in [6.07, 6.45) is 0.982. The van der Waals surface area contributed by atoms with Crippen LogP contribution < -0.4 is 5.32 Å². The average Bonchev–Trinajstić information content (AvgIpc) is 2.29. The van der Waals surface area contributed by atoms with E-state index in [9.17, 15) is 13.7 Å². The first-order valence-electron chi connectivity index (χ1n) is 5.47. The van der Waals surface area contributed by atoms with E-state index in [1.807, 2.05) is 6.92 Å². The third kappa shape index (κ3) is 4.93. The molecule has 0 aliphatic heterocycles. The zero-order valence-corrected chi connectivity index (χ0v) is 10.8. The molecule has 0 aliphatic carbocycles. The van der Waals surface area contributed by atoms with Crippen molar-refractivity contribution in [2.24, 2.45) is 0 Å². The van der Waals surface area contributed by atoms with Gasteiger partial charge in [0.25, 0.3) is 0 Å². The molecule has 0 heterocycles. The minimum atomic E-state index is -0.866. The maximum absolute atomic E-state index is 12.7. The molecule has 3 atom stereocenters. The molecule has 1 aromatic rings. The van der Waals surface area contributed by atoms with Gasteiger partial charge < -0.3 is 10.4 Å². The van der Waals surface area contributed by atoms with Crippen LogP contribution in [-0.2, 0) is 10.8 Å². The Kier molecular flexibility index (Phi) is 5.74. The van der Waals surface area contributed by atoms with Crippen LogP contribution in [-0.4, -0.2) is 33.9 Å². The van der Waals surface area contributed by atoms with Crippen LogP contribution in [0.3, 0.4) is 0 Å². The number of aliphatic hydroxyl groups is 1. The predicted octanol–water partition coefficient (Wildman–Crippen LogP) is 1.22. The Morgan fingerprint density at radius 3 is 2.47 bits per heavy atom. The number of nitrogens with one attached hydrogen (secondary N) is 1. The average molecular weight is 259 g/mol. The van der Waals surface area contributed by atoms with E-state index in [1.165, 1.54) is 12.1 Å². The summed E-state index contributed by atoms with van der Waals surface area (Å²) in [4.78, 5) is 0. The number of benzene rings is 1. The standard InChI is InChI=1S/C12H18FNO2S/c1-9(17(2)16)7-14-8-12(15)10-3-5-11(13)6-4-10/h3-6,9,12,14-15H,7-8H2,1-2H3. The third-order valence-corrected chi connectivity index (χ3v) is 3.89. The van der Waals surface area contributed by atoms with Crippen molar-refractivity contribution in [3.8, 4) is 0 Å². The van der Waals surface area contributed by atoms with E-state index < -0.39 is 16.9 Å². The predicted molar refractivity (Wildman–Crippen MR) is 67.8 cm³/mol. The van der Waals surface area contributed by atoms with Crippen LogP contribution in [0.1, 0.15) is 18.6 Å². The molecule has 3 unspecified atom stereocenters. The maximum atomic E-state index is 12.7. The lowest BCUT2D eigenvalue weighted by Crippen LogP contribution is -2.30. The fourth-order valence-corrected chi connectivity index (χ4v) is 1.70. The molecule has 0 bridgehead atoms. The molecule has 0 aromatic heterocycles. The van der Waals surface area contributed by atoms with E-state index >= 15 is 0 Å². The molecule has 0 saturated carbocycles. The molecule has 1 rings (SSSR count). The van der Waals surface area contributed by atoms with Gasteiger partial charge in [0.05, 0.1) is 6.10 Å². The Balaban J connectivity index is 2.37. The van der Waals surface area contributed by atoms with Gasteiger partial charge in [0.1, 0.15) is 5.82 Å². The van der Waals surface area contributed by atoms with Gasteiger partial charge in [-0.2, -0.15) is 0 Å². The minimum Gasteiger partial charge on any atom is -0.387 e. The van der Waals surface area contributed by atoms with Crippen molar-refractivity contribution in [2.75, 3.05) is 19.3 Å². The van der Waals surface area contributed by atoms with Gasteiger partial charge in [-0.3, -0.25) is 4.21 Å². The Labute approximate surface area is 104 Å². The van der Waals surface area contributed by atoms with Crippen LogP contribution in [0.15, 0.2) is 24.3 Å². The molecular formula is C12H18FNO2S. The van der Waals surface area contributed by atoms with E-state index in [2.05, 4.69) is 5.32 Å². The van der Waals surface area contributed by atoms with Gasteiger partial charge in [-0.1, -0.05) is 12.1 Å². The van der Waals surface area contributed by atoms with Crippen LogP contribution in [0.25, 0.3) is 0 Å². The van der Waals surface area contributed by atoms with Crippen LogP contribution >= 0.6 is 0 Å². The molecule has 1 aromatic carbocycles. The molecule has 0 radical (unpaired) electrons. The van der Waals surface area contributed by atoms with E-state index in [0.29, 0.717) is 18.7 Å². The molecule has 0 fully saturated rings. The summed E-state index contributed by atoms with van der Waals surface area (Å²) in [5, 5.41) is 12.9. The highest BCUT2D eigenvalue weighted by Gasteiger charge is 2.09. The first kappa shape index (κ1) is 14.3. The number of hydrogen-bond donors (Lipinski definition) is 2. The molecule has 3 nitrogen and oxygen atoms in total. The molecular weight excluding hydrogens is 241 g/mol. The van der Waals surface area contributed by atoms with Gasteiger partial charge in [-0.15, -0.1) is 0 Å². The van der Waals surface area contributed by atoms with E-state index in [1.54, 1.807) is 18.4 Å². The third-order valence-electron chi connectivity index (χ3n) is 2.59. The zero-order valence-electron chi connectivity index (χ0n) is 10.0. The smallest absolute Gasteiger partial charge is 0.123 e. The zero-order chi connectivity index (χ0) is 12.8. The number of aliphatic hydroxyl groups excluding tert-OH is 1. The van der Waals surface area contributed by atoms with Gasteiger partial charge in [0.15, 0.2) is 0 Å². The Hall–Kier alpha value is -0.780. The van der Waals surface area contributed by atoms with Gasteiger partial charge >= 0.3 is 0 Å². The Morgan fingerprint density at radius 2 is 1.94 bits per heavy atom. The second-order valence-corrected chi connectivity index (χ2v) is 5.84. The van der Waals surface area contributed by atoms with Crippen molar-refractivity contribution in [1.82, 2.24) is 5.32 Å². The largest absolute Gasteiger partial charge is 0.387 e. The summed E-state index contributed by atoms with van der Waals surface area (Å²) in [6.45, 7) is 2.84. The SMILES string of the molecule is CC(CNCC(O)c1ccc(F)cc1)S(C)=O. The first-order valence-corrected chi connectivity index (χ1v) is 7.09. The van der Waals surface area contributed by atoms with Crippen molar-refractivity contribution in [3.05, 3.63) is 35.6 Å². The van der Waals surface area contributed by atoms with Crippen LogP contribution in [0.4, 0.5) is 4.39 Å². The Morgan fingerprint density at radius 1 is 1.35 bits per heavy atom. The topological polar surface area (TPSA) is 49.3 Å². The number of rotatable bonds is 6. The Bertz CT molecular complexity index is 369. The molecule has 0 aliphatic rings. The highest BCUT2D eigenvalue weighted by Crippen LogP contribution is 2.12. The van der Waals surface area contributed by atoms with Crippen LogP contribution in [0.5, 0.6) is 0 Å². The normalized spacial score (nSPS) is 16.5. The lowest BCUT2D eigenvalue weighted by Gasteiger charge is -2.14. The first-order chi connectivity index (χ1) is 8.00. The second kappa shape index (κ2) is 6.83. The van der Waals surface area contributed by atoms with E-state index in [-0.39, 0.29) is 11.1 Å². The maximum Gasteiger partial charge on any atom is 0.123 e. The van der Waals surface area contributed by atoms with Gasteiger partial charge in [0, 0.05) is 35.4 Å². The van der Waals surface area contributed by atoms with Crippen molar-refractivity contribution in [3.63, 3.8) is 0 Å². The quantitative estimate of drug-likeness (QED) is 0.807. The van der Waals surface area contributed by atoms with Crippen molar-refractivity contribution < 1.29 is 13.7 Å². The lowest BCUT2D eigenvalue weighted by molar-refractivity contribution is 0.175. The summed E-state index contributed by atoms with van der Waals surface area (Å²) in [5.74, 6) is -0.316. The molecule has 0 saturated heterocycles. The molecule has 0 amide bonds. The summed E-state index contributed by atoms with van der Waals surface area (Å²) in [5.41, 5.74) is 0.671. The van der Waals surface area contributed by atoms with E-state index in [0.717, 1.165) is 0 Å². The summed E-state index contributed by atoms with van der Waals surface area (Å²) in [7, 11) is -0.866. The van der Waals surface area contributed by atoms with Gasteiger partial charge in [0.2, 0.25) is 0 Å². The molecule has 5 heteroatoms. The molecule has 0 spiro atoms. The summed E-state index contributed by atoms with van der Waals surface area (Å²) in [6, 6.07) is 5.76.